The molecule has 2 rings (SSSR count). The van der Waals surface area contributed by atoms with Gasteiger partial charge in [-0.15, -0.1) is 0 Å². The number of amides is 1. The molecule has 1 atom stereocenters. The molecule has 0 unspecified atom stereocenters. The van der Waals surface area contributed by atoms with Crippen LogP contribution in [-0.4, -0.2) is 23.0 Å². The van der Waals surface area contributed by atoms with E-state index in [0.717, 1.165) is 17.8 Å². The lowest BCUT2D eigenvalue weighted by molar-refractivity contribution is -0.131. The maximum absolute atomic E-state index is 12.6. The van der Waals surface area contributed by atoms with Crippen LogP contribution in [0.4, 0.5) is 5.69 Å². The van der Waals surface area contributed by atoms with Crippen molar-refractivity contribution >= 4 is 17.6 Å². The smallest absolute Gasteiger partial charge is 0.328 e. The molecule has 4 heteroatoms. The zero-order chi connectivity index (χ0) is 17.4. The molecule has 1 saturated carbocycles. The van der Waals surface area contributed by atoms with E-state index in [2.05, 4.69) is 27.7 Å². The predicted octanol–water partition coefficient (Wildman–Crippen LogP) is 3.73. The third kappa shape index (κ3) is 3.03. The van der Waals surface area contributed by atoms with Gasteiger partial charge in [0.25, 0.3) is 5.91 Å². The Hall–Kier alpha value is -2.10. The highest BCUT2D eigenvalue weighted by Gasteiger charge is 2.67. The maximum Gasteiger partial charge on any atom is 0.328 e. The zero-order valence-electron chi connectivity index (χ0n) is 14.4. The minimum atomic E-state index is -1.12. The molecule has 1 aliphatic carbocycles. The monoisotopic (exact) mass is 315 g/mol. The fourth-order valence-electron chi connectivity index (χ4n) is 3.98. The Morgan fingerprint density at radius 2 is 1.61 bits per heavy atom. The number of nitrogens with zero attached hydrogens (tertiary/aromatic N) is 1. The van der Waals surface area contributed by atoms with E-state index in [1.54, 1.807) is 4.90 Å². The lowest BCUT2D eigenvalue weighted by Crippen LogP contribution is -2.40. The number of para-hydroxylation sites is 1. The highest BCUT2D eigenvalue weighted by atomic mass is 16.4. The van der Waals surface area contributed by atoms with Crippen LogP contribution in [0.3, 0.4) is 0 Å². The SMILES string of the molecule is C[C@@H](C1C(C)(C)C1(C)C)N(C(=O)/C=C/C(=O)O)c1ccccc1. The van der Waals surface area contributed by atoms with E-state index in [0.29, 0.717) is 5.92 Å². The molecule has 0 heterocycles. The van der Waals surface area contributed by atoms with Gasteiger partial charge in [0.15, 0.2) is 0 Å². The molecule has 0 radical (unpaired) electrons. The Kier molecular flexibility index (Phi) is 4.38. The van der Waals surface area contributed by atoms with Crippen LogP contribution in [0, 0.1) is 16.7 Å². The first-order valence-electron chi connectivity index (χ1n) is 7.90. The quantitative estimate of drug-likeness (QED) is 0.842. The van der Waals surface area contributed by atoms with Crippen molar-refractivity contribution in [3.05, 3.63) is 42.5 Å². The largest absolute Gasteiger partial charge is 0.478 e. The van der Waals surface area contributed by atoms with Crippen LogP contribution in [0.1, 0.15) is 34.6 Å². The number of aliphatic carboxylic acids is 1. The van der Waals surface area contributed by atoms with Crippen molar-refractivity contribution in [2.75, 3.05) is 4.90 Å². The van der Waals surface area contributed by atoms with Gasteiger partial charge in [0.05, 0.1) is 0 Å². The second-order valence-electron chi connectivity index (χ2n) is 7.38. The van der Waals surface area contributed by atoms with Gasteiger partial charge in [-0.05, 0) is 35.8 Å². The van der Waals surface area contributed by atoms with Crippen LogP contribution < -0.4 is 4.90 Å². The fraction of sp³-hybridized carbons (Fsp3) is 0.474. The second-order valence-corrected chi connectivity index (χ2v) is 7.38. The summed E-state index contributed by atoms with van der Waals surface area (Å²) < 4.78 is 0. The summed E-state index contributed by atoms with van der Waals surface area (Å²) in [5.74, 6) is -1.08. The first-order chi connectivity index (χ1) is 10.6. The summed E-state index contributed by atoms with van der Waals surface area (Å²) in [4.78, 5) is 25.1. The fourth-order valence-corrected chi connectivity index (χ4v) is 3.98. The van der Waals surface area contributed by atoms with Crippen LogP contribution in [-0.2, 0) is 9.59 Å². The number of hydrogen-bond acceptors (Lipinski definition) is 2. The van der Waals surface area contributed by atoms with E-state index in [1.165, 1.54) is 0 Å². The average Bonchev–Trinajstić information content (AvgIpc) is 2.87. The van der Waals surface area contributed by atoms with E-state index in [-0.39, 0.29) is 22.8 Å². The van der Waals surface area contributed by atoms with Crippen molar-refractivity contribution in [1.82, 2.24) is 0 Å². The molecule has 1 aliphatic rings. The first-order valence-corrected chi connectivity index (χ1v) is 7.90. The molecule has 1 aromatic carbocycles. The molecule has 0 aliphatic heterocycles. The predicted molar refractivity (Wildman–Crippen MR) is 91.2 cm³/mol. The molecule has 1 amide bonds. The molecule has 1 aromatic rings. The molecule has 0 saturated heterocycles. The van der Waals surface area contributed by atoms with Crippen molar-refractivity contribution < 1.29 is 14.7 Å². The Morgan fingerprint density at radius 1 is 1.09 bits per heavy atom. The number of rotatable bonds is 5. The number of carboxylic acids is 1. The number of anilines is 1. The van der Waals surface area contributed by atoms with Crippen molar-refractivity contribution in [3.8, 4) is 0 Å². The van der Waals surface area contributed by atoms with Gasteiger partial charge < -0.3 is 10.0 Å². The second kappa shape index (κ2) is 5.84. The van der Waals surface area contributed by atoms with E-state index >= 15 is 0 Å². The minimum absolute atomic E-state index is 0.0201. The lowest BCUT2D eigenvalue weighted by atomic mass is 10.0. The summed E-state index contributed by atoms with van der Waals surface area (Å²) in [6.07, 6.45) is 2.03. The van der Waals surface area contributed by atoms with E-state index < -0.39 is 5.97 Å². The molecular formula is C19H25NO3. The van der Waals surface area contributed by atoms with E-state index in [9.17, 15) is 9.59 Å². The van der Waals surface area contributed by atoms with E-state index in [1.807, 2.05) is 37.3 Å². The van der Waals surface area contributed by atoms with Gasteiger partial charge in [-0.25, -0.2) is 4.79 Å². The summed E-state index contributed by atoms with van der Waals surface area (Å²) >= 11 is 0. The summed E-state index contributed by atoms with van der Waals surface area (Å²) in [5, 5.41) is 8.78. The first kappa shape index (κ1) is 17.3. The molecule has 0 spiro atoms. The van der Waals surface area contributed by atoms with Crippen LogP contribution in [0.5, 0.6) is 0 Å². The summed E-state index contributed by atoms with van der Waals surface area (Å²) in [5.41, 5.74) is 1.06. The van der Waals surface area contributed by atoms with Gasteiger partial charge in [-0.1, -0.05) is 45.9 Å². The molecule has 4 nitrogen and oxygen atoms in total. The molecule has 0 bridgehead atoms. The van der Waals surface area contributed by atoms with Gasteiger partial charge in [0, 0.05) is 23.9 Å². The zero-order valence-corrected chi connectivity index (χ0v) is 14.4. The van der Waals surface area contributed by atoms with Crippen LogP contribution in [0.15, 0.2) is 42.5 Å². The van der Waals surface area contributed by atoms with Crippen molar-refractivity contribution in [2.24, 2.45) is 16.7 Å². The average molecular weight is 315 g/mol. The number of hydrogen-bond donors (Lipinski definition) is 1. The van der Waals surface area contributed by atoms with Crippen molar-refractivity contribution in [1.29, 1.82) is 0 Å². The molecule has 124 valence electrons. The molecule has 23 heavy (non-hydrogen) atoms. The highest BCUT2D eigenvalue weighted by molar-refractivity contribution is 6.04. The topological polar surface area (TPSA) is 57.6 Å². The summed E-state index contributed by atoms with van der Waals surface area (Å²) in [6, 6.07) is 9.40. The highest BCUT2D eigenvalue weighted by Crippen LogP contribution is 2.70. The van der Waals surface area contributed by atoms with Crippen LogP contribution in [0.2, 0.25) is 0 Å². The number of carboxylic acid groups (broad SMARTS) is 1. The number of carbonyl (C=O) groups is 2. The molecule has 1 fully saturated rings. The van der Waals surface area contributed by atoms with Crippen LogP contribution >= 0.6 is 0 Å². The summed E-state index contributed by atoms with van der Waals surface area (Å²) in [6.45, 7) is 10.9. The third-order valence-electron chi connectivity index (χ3n) is 5.66. The Morgan fingerprint density at radius 3 is 2.04 bits per heavy atom. The van der Waals surface area contributed by atoms with Gasteiger partial charge >= 0.3 is 5.97 Å². The summed E-state index contributed by atoms with van der Waals surface area (Å²) in [7, 11) is 0. The van der Waals surface area contributed by atoms with E-state index in [4.69, 9.17) is 5.11 Å². The minimum Gasteiger partial charge on any atom is -0.478 e. The van der Waals surface area contributed by atoms with Crippen LogP contribution in [0.25, 0.3) is 0 Å². The number of carbonyl (C=O) groups excluding carboxylic acids is 1. The molecule has 0 aromatic heterocycles. The molecular weight excluding hydrogens is 290 g/mol. The Balaban J connectivity index is 2.35. The standard InChI is InChI=1S/C19H25NO3/c1-13(17-18(2,3)19(17,4)5)20(14-9-7-6-8-10-14)15(21)11-12-16(22)23/h6-13,17H,1-5H3,(H,22,23)/b12-11+/t13-/m0/s1. The Bertz CT molecular complexity index is 617. The van der Waals surface area contributed by atoms with Gasteiger partial charge in [0.1, 0.15) is 0 Å². The number of benzene rings is 1. The van der Waals surface area contributed by atoms with Gasteiger partial charge in [-0.2, -0.15) is 0 Å². The molecule has 1 N–H and O–H groups in total. The van der Waals surface area contributed by atoms with Gasteiger partial charge in [-0.3, -0.25) is 4.79 Å². The lowest BCUT2D eigenvalue weighted by Gasteiger charge is -2.30. The third-order valence-corrected chi connectivity index (χ3v) is 5.66. The van der Waals surface area contributed by atoms with Crippen molar-refractivity contribution in [2.45, 2.75) is 40.7 Å². The van der Waals surface area contributed by atoms with Gasteiger partial charge in [0.2, 0.25) is 0 Å². The van der Waals surface area contributed by atoms with Crippen molar-refractivity contribution in [3.63, 3.8) is 0 Å². The normalized spacial score (nSPS) is 20.2. The Labute approximate surface area is 137 Å². The maximum atomic E-state index is 12.6.